The van der Waals surface area contributed by atoms with E-state index in [4.69, 9.17) is 10.2 Å². The second-order valence-corrected chi connectivity index (χ2v) is 7.20. The van der Waals surface area contributed by atoms with Gasteiger partial charge in [-0.3, -0.25) is 0 Å². The molecule has 2 N–H and O–H groups in total. The molecule has 0 unspecified atom stereocenters. The van der Waals surface area contributed by atoms with E-state index >= 15 is 0 Å². The number of benzene rings is 1. The van der Waals surface area contributed by atoms with Crippen molar-refractivity contribution in [2.45, 2.75) is 18.2 Å². The first-order chi connectivity index (χ1) is 9.43. The molecule has 0 bridgehead atoms. The van der Waals surface area contributed by atoms with Crippen LogP contribution in [-0.4, -0.2) is 19.8 Å². The molecule has 0 radical (unpaired) electrons. The van der Waals surface area contributed by atoms with Gasteiger partial charge in [0.15, 0.2) is 0 Å². The number of sulfonamides is 1. The largest absolute Gasteiger partial charge is 0.447 e. The second kappa shape index (κ2) is 6.09. The number of hydrogen-bond donors (Lipinski definition) is 1. The van der Waals surface area contributed by atoms with Crippen molar-refractivity contribution in [1.29, 1.82) is 0 Å². The molecular weight excluding hydrogens is 344 g/mol. The van der Waals surface area contributed by atoms with Crippen LogP contribution in [0.25, 0.3) is 0 Å². The van der Waals surface area contributed by atoms with E-state index in [1.54, 1.807) is 6.07 Å². The highest BCUT2D eigenvalue weighted by Crippen LogP contribution is 2.20. The van der Waals surface area contributed by atoms with E-state index in [0.717, 1.165) is 10.0 Å². The molecule has 108 valence electrons. The Morgan fingerprint density at radius 2 is 1.85 bits per heavy atom. The Balaban J connectivity index is 2.18. The lowest BCUT2D eigenvalue weighted by Crippen LogP contribution is -2.26. The molecule has 2 rings (SSSR count). The Bertz CT molecular complexity index is 680. The zero-order valence-corrected chi connectivity index (χ0v) is 13.3. The summed E-state index contributed by atoms with van der Waals surface area (Å²) in [5, 5.41) is -0.0856. The molecule has 1 aromatic carbocycles. The average Bonchev–Trinajstić information content (AvgIpc) is 2.90. The van der Waals surface area contributed by atoms with Gasteiger partial charge >= 0.3 is 0 Å². The Morgan fingerprint density at radius 1 is 1.20 bits per heavy atom. The molecular formula is C13H15BrN2O3S. The number of rotatable bonds is 5. The van der Waals surface area contributed by atoms with Gasteiger partial charge in [0.25, 0.3) is 10.0 Å². The number of nitrogens with zero attached hydrogens (tertiary/aromatic N) is 1. The molecule has 0 atom stereocenters. The summed E-state index contributed by atoms with van der Waals surface area (Å²) in [4.78, 5) is 0. The molecule has 0 saturated heterocycles. The van der Waals surface area contributed by atoms with Crippen molar-refractivity contribution >= 4 is 26.0 Å². The minimum absolute atomic E-state index is 0.0856. The van der Waals surface area contributed by atoms with Crippen molar-refractivity contribution in [3.63, 3.8) is 0 Å². The van der Waals surface area contributed by atoms with Gasteiger partial charge in [-0.2, -0.15) is 4.31 Å². The summed E-state index contributed by atoms with van der Waals surface area (Å²) >= 11 is 3.34. The van der Waals surface area contributed by atoms with Crippen LogP contribution in [0.4, 0.5) is 0 Å². The van der Waals surface area contributed by atoms with Gasteiger partial charge in [0, 0.05) is 18.1 Å². The molecule has 0 spiro atoms. The van der Waals surface area contributed by atoms with Crippen molar-refractivity contribution in [2.24, 2.45) is 5.73 Å². The zero-order chi connectivity index (χ0) is 14.8. The molecule has 20 heavy (non-hydrogen) atoms. The fourth-order valence-electron chi connectivity index (χ4n) is 1.69. The van der Waals surface area contributed by atoms with E-state index in [1.807, 2.05) is 24.3 Å². The van der Waals surface area contributed by atoms with E-state index in [1.165, 1.54) is 17.4 Å². The normalized spacial score (nSPS) is 12.0. The Hall–Kier alpha value is -1.15. The van der Waals surface area contributed by atoms with E-state index in [-0.39, 0.29) is 18.2 Å². The molecule has 7 heteroatoms. The van der Waals surface area contributed by atoms with Gasteiger partial charge in [0.1, 0.15) is 5.76 Å². The van der Waals surface area contributed by atoms with Gasteiger partial charge in [-0.15, -0.1) is 0 Å². The van der Waals surface area contributed by atoms with Crippen LogP contribution in [0.5, 0.6) is 0 Å². The predicted octanol–water partition coefficient (Wildman–Crippen LogP) is 2.32. The van der Waals surface area contributed by atoms with E-state index in [9.17, 15) is 8.42 Å². The topological polar surface area (TPSA) is 76.5 Å². The third-order valence-electron chi connectivity index (χ3n) is 2.82. The zero-order valence-electron chi connectivity index (χ0n) is 10.9. The average molecular weight is 359 g/mol. The number of hydrogen-bond acceptors (Lipinski definition) is 4. The first kappa shape index (κ1) is 15.2. The van der Waals surface area contributed by atoms with Gasteiger partial charge in [-0.05, 0) is 29.8 Å². The Morgan fingerprint density at radius 3 is 2.40 bits per heavy atom. The summed E-state index contributed by atoms with van der Waals surface area (Å²) in [6.45, 7) is 0.445. The van der Waals surface area contributed by atoms with Crippen molar-refractivity contribution in [3.05, 3.63) is 52.2 Å². The van der Waals surface area contributed by atoms with Gasteiger partial charge in [0.2, 0.25) is 5.09 Å². The summed E-state index contributed by atoms with van der Waals surface area (Å²) in [5.41, 5.74) is 6.31. The summed E-state index contributed by atoms with van der Waals surface area (Å²) in [6.07, 6.45) is 0. The summed E-state index contributed by atoms with van der Waals surface area (Å²) < 4.78 is 32.0. The lowest BCUT2D eigenvalue weighted by atomic mass is 10.2. The van der Waals surface area contributed by atoms with Crippen LogP contribution in [0.15, 0.2) is 50.4 Å². The SMILES string of the molecule is CN(Cc1ccc(Br)cc1)S(=O)(=O)c1ccc(CN)o1. The molecule has 0 aliphatic rings. The van der Waals surface area contributed by atoms with Crippen LogP contribution in [0.2, 0.25) is 0 Å². The number of halogens is 1. The molecule has 0 aliphatic carbocycles. The second-order valence-electron chi connectivity index (χ2n) is 4.31. The summed E-state index contributed by atoms with van der Waals surface area (Å²) in [6, 6.07) is 10.5. The van der Waals surface area contributed by atoms with Gasteiger partial charge in [-0.1, -0.05) is 28.1 Å². The minimum atomic E-state index is -3.64. The fraction of sp³-hybridized carbons (Fsp3) is 0.231. The molecule has 5 nitrogen and oxygen atoms in total. The van der Waals surface area contributed by atoms with Crippen molar-refractivity contribution in [1.82, 2.24) is 4.31 Å². The third kappa shape index (κ3) is 3.29. The lowest BCUT2D eigenvalue weighted by Gasteiger charge is -2.15. The molecule has 0 fully saturated rings. The molecule has 0 aliphatic heterocycles. The Labute approximate surface area is 126 Å². The molecule has 1 heterocycles. The quantitative estimate of drug-likeness (QED) is 0.889. The smallest absolute Gasteiger partial charge is 0.276 e. The summed E-state index contributed by atoms with van der Waals surface area (Å²) in [7, 11) is -2.12. The number of furan rings is 1. The highest BCUT2D eigenvalue weighted by molar-refractivity contribution is 9.10. The van der Waals surface area contributed by atoms with Gasteiger partial charge in [0.05, 0.1) is 6.54 Å². The van der Waals surface area contributed by atoms with Crippen molar-refractivity contribution < 1.29 is 12.8 Å². The van der Waals surface area contributed by atoms with Crippen LogP contribution in [-0.2, 0) is 23.1 Å². The first-order valence-corrected chi connectivity index (χ1v) is 8.16. The monoisotopic (exact) mass is 358 g/mol. The minimum Gasteiger partial charge on any atom is -0.447 e. The maximum Gasteiger partial charge on any atom is 0.276 e. The highest BCUT2D eigenvalue weighted by Gasteiger charge is 2.24. The van der Waals surface area contributed by atoms with Crippen molar-refractivity contribution in [3.8, 4) is 0 Å². The van der Waals surface area contributed by atoms with Gasteiger partial charge < -0.3 is 10.2 Å². The lowest BCUT2D eigenvalue weighted by molar-refractivity contribution is 0.387. The molecule has 0 saturated carbocycles. The third-order valence-corrected chi connectivity index (χ3v) is 5.03. The maximum atomic E-state index is 12.3. The van der Waals surface area contributed by atoms with E-state index in [0.29, 0.717) is 5.76 Å². The maximum absolute atomic E-state index is 12.3. The fourth-order valence-corrected chi connectivity index (χ4v) is 3.03. The Kier molecular flexibility index (Phi) is 4.64. The van der Waals surface area contributed by atoms with E-state index in [2.05, 4.69) is 15.9 Å². The summed E-state index contributed by atoms with van der Waals surface area (Å²) in [5.74, 6) is 0.445. The predicted molar refractivity (Wildman–Crippen MR) is 79.4 cm³/mol. The van der Waals surface area contributed by atoms with Crippen LogP contribution >= 0.6 is 15.9 Å². The standard InChI is InChI=1S/C13H15BrN2O3S/c1-16(9-10-2-4-11(14)5-3-10)20(17,18)13-7-6-12(8-15)19-13/h2-7H,8-9,15H2,1H3. The van der Waals surface area contributed by atoms with Crippen LogP contribution in [0.1, 0.15) is 11.3 Å². The molecule has 2 aromatic rings. The highest BCUT2D eigenvalue weighted by atomic mass is 79.9. The molecule has 0 amide bonds. The van der Waals surface area contributed by atoms with E-state index < -0.39 is 10.0 Å². The number of nitrogens with two attached hydrogens (primary N) is 1. The first-order valence-electron chi connectivity index (χ1n) is 5.93. The van der Waals surface area contributed by atoms with Gasteiger partial charge in [-0.25, -0.2) is 8.42 Å². The molecule has 1 aromatic heterocycles. The van der Waals surface area contributed by atoms with Crippen LogP contribution in [0, 0.1) is 0 Å². The van der Waals surface area contributed by atoms with Crippen LogP contribution in [0.3, 0.4) is 0 Å². The van der Waals surface area contributed by atoms with Crippen LogP contribution < -0.4 is 5.73 Å². The van der Waals surface area contributed by atoms with Crippen molar-refractivity contribution in [2.75, 3.05) is 7.05 Å².